The summed E-state index contributed by atoms with van der Waals surface area (Å²) in [6.07, 6.45) is 3.89. The van der Waals surface area contributed by atoms with Crippen molar-refractivity contribution in [2.24, 2.45) is 5.92 Å². The molecular formula is C20H28N4O. The molecule has 0 unspecified atom stereocenters. The largest absolute Gasteiger partial charge is 0.349 e. The highest BCUT2D eigenvalue weighted by atomic mass is 16.1. The second-order valence-corrected chi connectivity index (χ2v) is 7.29. The van der Waals surface area contributed by atoms with E-state index in [9.17, 15) is 4.79 Å². The van der Waals surface area contributed by atoms with Crippen LogP contribution < -0.4 is 5.32 Å². The van der Waals surface area contributed by atoms with Gasteiger partial charge < -0.3 is 5.32 Å². The van der Waals surface area contributed by atoms with Crippen molar-refractivity contribution in [3.8, 4) is 0 Å². The Morgan fingerprint density at radius 3 is 2.60 bits per heavy atom. The van der Waals surface area contributed by atoms with E-state index in [1.54, 1.807) is 0 Å². The number of likely N-dealkylation sites (tertiary alicyclic amines) is 1. The zero-order valence-electron chi connectivity index (χ0n) is 15.2. The Bertz CT molecular complexity index is 672. The van der Waals surface area contributed by atoms with E-state index in [0.29, 0.717) is 5.92 Å². The van der Waals surface area contributed by atoms with Gasteiger partial charge in [0.05, 0.1) is 5.69 Å². The monoisotopic (exact) mass is 340 g/mol. The van der Waals surface area contributed by atoms with Crippen molar-refractivity contribution in [2.45, 2.75) is 45.8 Å². The highest BCUT2D eigenvalue weighted by Crippen LogP contribution is 2.15. The summed E-state index contributed by atoms with van der Waals surface area (Å²) in [6.45, 7) is 8.34. The van der Waals surface area contributed by atoms with Gasteiger partial charge in [0.25, 0.3) is 5.91 Å². The van der Waals surface area contributed by atoms with Crippen LogP contribution in [0.2, 0.25) is 0 Å². The first-order valence-corrected chi connectivity index (χ1v) is 9.21. The normalized spacial score (nSPS) is 16.3. The maximum Gasteiger partial charge on any atom is 0.251 e. The first kappa shape index (κ1) is 17.7. The van der Waals surface area contributed by atoms with Crippen LogP contribution in [0.4, 0.5) is 0 Å². The summed E-state index contributed by atoms with van der Waals surface area (Å²) in [5.74, 6) is 0.631. The molecule has 0 bridgehead atoms. The van der Waals surface area contributed by atoms with Gasteiger partial charge in [-0.1, -0.05) is 32.0 Å². The van der Waals surface area contributed by atoms with Crippen LogP contribution in [0.5, 0.6) is 0 Å². The van der Waals surface area contributed by atoms with Gasteiger partial charge in [-0.05, 0) is 37.0 Å². The third kappa shape index (κ3) is 4.92. The minimum absolute atomic E-state index is 0.0362. The molecule has 25 heavy (non-hydrogen) atoms. The van der Waals surface area contributed by atoms with Crippen molar-refractivity contribution in [1.82, 2.24) is 20.0 Å². The highest BCUT2D eigenvalue weighted by Gasteiger charge is 2.22. The summed E-state index contributed by atoms with van der Waals surface area (Å²) in [7, 11) is 0. The lowest BCUT2D eigenvalue weighted by molar-refractivity contribution is 0.0908. The zero-order chi connectivity index (χ0) is 17.6. The molecule has 0 spiro atoms. The average Bonchev–Trinajstić information content (AvgIpc) is 3.03. The minimum atomic E-state index is 0.0362. The summed E-state index contributed by atoms with van der Waals surface area (Å²) in [5, 5.41) is 7.61. The second kappa shape index (κ2) is 8.30. The summed E-state index contributed by atoms with van der Waals surface area (Å²) in [4.78, 5) is 14.7. The number of aromatic nitrogens is 2. The third-order valence-corrected chi connectivity index (χ3v) is 4.69. The molecule has 1 amide bonds. The van der Waals surface area contributed by atoms with Crippen LogP contribution >= 0.6 is 0 Å². The van der Waals surface area contributed by atoms with E-state index in [-0.39, 0.29) is 11.9 Å². The van der Waals surface area contributed by atoms with Crippen molar-refractivity contribution in [1.29, 1.82) is 0 Å². The van der Waals surface area contributed by atoms with Crippen molar-refractivity contribution >= 4 is 5.91 Å². The van der Waals surface area contributed by atoms with E-state index in [0.717, 1.165) is 44.6 Å². The Morgan fingerprint density at radius 1 is 1.20 bits per heavy atom. The smallest absolute Gasteiger partial charge is 0.251 e. The molecule has 1 aliphatic heterocycles. The molecule has 3 rings (SSSR count). The molecule has 1 aromatic carbocycles. The van der Waals surface area contributed by atoms with Crippen LogP contribution in [0.15, 0.2) is 42.6 Å². The average molecular weight is 340 g/mol. The summed E-state index contributed by atoms with van der Waals surface area (Å²) in [6, 6.07) is 11.8. The molecule has 0 radical (unpaired) electrons. The second-order valence-electron chi connectivity index (χ2n) is 7.29. The number of amides is 1. The number of benzene rings is 1. The van der Waals surface area contributed by atoms with Gasteiger partial charge in [0, 0.05) is 44.0 Å². The molecule has 0 atom stereocenters. The maximum atomic E-state index is 12.3. The minimum Gasteiger partial charge on any atom is -0.349 e. The fourth-order valence-corrected chi connectivity index (χ4v) is 3.33. The number of rotatable bonds is 6. The van der Waals surface area contributed by atoms with Crippen LogP contribution in [0.1, 0.15) is 42.7 Å². The van der Waals surface area contributed by atoms with E-state index < -0.39 is 0 Å². The predicted molar refractivity (Wildman–Crippen MR) is 99.3 cm³/mol. The van der Waals surface area contributed by atoms with E-state index >= 15 is 0 Å². The summed E-state index contributed by atoms with van der Waals surface area (Å²) in [5.41, 5.74) is 2.02. The Balaban J connectivity index is 1.48. The van der Waals surface area contributed by atoms with E-state index in [4.69, 9.17) is 0 Å². The van der Waals surface area contributed by atoms with Gasteiger partial charge in [-0.2, -0.15) is 5.10 Å². The molecule has 2 aromatic rings. The summed E-state index contributed by atoms with van der Waals surface area (Å²) >= 11 is 0. The van der Waals surface area contributed by atoms with E-state index in [1.807, 2.05) is 36.5 Å². The number of nitrogens with zero attached hydrogens (tertiary/aromatic N) is 3. The molecule has 0 aliphatic carbocycles. The Hall–Kier alpha value is -2.14. The lowest BCUT2D eigenvalue weighted by Crippen LogP contribution is -2.44. The highest BCUT2D eigenvalue weighted by molar-refractivity contribution is 5.94. The van der Waals surface area contributed by atoms with Gasteiger partial charge in [0.1, 0.15) is 0 Å². The van der Waals surface area contributed by atoms with Gasteiger partial charge >= 0.3 is 0 Å². The number of carbonyl (C=O) groups is 1. The standard InChI is InChI=1S/C20H28N4O/c1-16(2)14-24-19(8-11-21-24)15-23-12-9-18(10-13-23)22-20(25)17-6-4-3-5-7-17/h3-8,11,16,18H,9-10,12-15H2,1-2H3,(H,22,25). The first-order valence-electron chi connectivity index (χ1n) is 9.21. The summed E-state index contributed by atoms with van der Waals surface area (Å²) < 4.78 is 2.12. The third-order valence-electron chi connectivity index (χ3n) is 4.69. The molecule has 5 heteroatoms. The molecule has 5 nitrogen and oxygen atoms in total. The topological polar surface area (TPSA) is 50.2 Å². The van der Waals surface area contributed by atoms with Crippen LogP contribution in [0.3, 0.4) is 0 Å². The van der Waals surface area contributed by atoms with Crippen molar-refractivity contribution in [2.75, 3.05) is 13.1 Å². The quantitative estimate of drug-likeness (QED) is 0.880. The van der Waals surface area contributed by atoms with E-state index in [1.165, 1.54) is 5.69 Å². The number of nitrogens with one attached hydrogen (secondary N) is 1. The lowest BCUT2D eigenvalue weighted by Gasteiger charge is -2.32. The first-order chi connectivity index (χ1) is 12.1. The van der Waals surface area contributed by atoms with Gasteiger partial charge in [0.15, 0.2) is 0 Å². The molecule has 1 aliphatic rings. The Kier molecular flexibility index (Phi) is 5.87. The van der Waals surface area contributed by atoms with Crippen molar-refractivity contribution in [3.05, 3.63) is 53.9 Å². The van der Waals surface area contributed by atoms with Crippen LogP contribution in [-0.4, -0.2) is 39.7 Å². The molecule has 1 saturated heterocycles. The Morgan fingerprint density at radius 2 is 1.92 bits per heavy atom. The molecule has 1 fully saturated rings. The predicted octanol–water partition coefficient (Wildman–Crippen LogP) is 2.93. The Labute approximate surface area is 150 Å². The lowest BCUT2D eigenvalue weighted by atomic mass is 10.0. The van der Waals surface area contributed by atoms with Crippen LogP contribution in [0.25, 0.3) is 0 Å². The van der Waals surface area contributed by atoms with E-state index in [2.05, 4.69) is 39.9 Å². The van der Waals surface area contributed by atoms with Gasteiger partial charge in [-0.25, -0.2) is 0 Å². The van der Waals surface area contributed by atoms with Crippen LogP contribution in [0, 0.1) is 5.92 Å². The van der Waals surface area contributed by atoms with Gasteiger partial charge in [-0.15, -0.1) is 0 Å². The fraction of sp³-hybridized carbons (Fsp3) is 0.500. The van der Waals surface area contributed by atoms with Gasteiger partial charge in [0.2, 0.25) is 0 Å². The molecule has 0 saturated carbocycles. The number of hydrogen-bond acceptors (Lipinski definition) is 3. The fourth-order valence-electron chi connectivity index (χ4n) is 3.33. The molecule has 2 heterocycles. The number of carbonyl (C=O) groups excluding carboxylic acids is 1. The maximum absolute atomic E-state index is 12.3. The molecular weight excluding hydrogens is 312 g/mol. The van der Waals surface area contributed by atoms with Crippen LogP contribution in [-0.2, 0) is 13.1 Å². The zero-order valence-corrected chi connectivity index (χ0v) is 15.2. The molecule has 1 aromatic heterocycles. The molecule has 134 valence electrons. The number of piperidine rings is 1. The van der Waals surface area contributed by atoms with Gasteiger partial charge in [-0.3, -0.25) is 14.4 Å². The number of hydrogen-bond donors (Lipinski definition) is 1. The molecule has 1 N–H and O–H groups in total. The SMILES string of the molecule is CC(C)Cn1nccc1CN1CCC(NC(=O)c2ccccc2)CC1. The van der Waals surface area contributed by atoms with Crippen molar-refractivity contribution in [3.63, 3.8) is 0 Å². The van der Waals surface area contributed by atoms with Crippen molar-refractivity contribution < 1.29 is 4.79 Å².